The molecule has 0 aliphatic heterocycles. The molecule has 0 aromatic carbocycles. The molecule has 1 N–H and O–H groups in total. The lowest BCUT2D eigenvalue weighted by Crippen LogP contribution is -1.98. The smallest absolute Gasteiger partial charge is 0.303 e. The maximum absolute atomic E-state index is 10.3. The van der Waals surface area contributed by atoms with Crippen LogP contribution < -0.4 is 0 Å². The summed E-state index contributed by atoms with van der Waals surface area (Å²) >= 11 is 11.4. The van der Waals surface area contributed by atoms with Gasteiger partial charge in [-0.1, -0.05) is 23.2 Å². The Morgan fingerprint density at radius 2 is 2.23 bits per heavy atom. The van der Waals surface area contributed by atoms with Gasteiger partial charge < -0.3 is 5.11 Å². The van der Waals surface area contributed by atoms with Crippen LogP contribution in [0.4, 0.5) is 0 Å². The summed E-state index contributed by atoms with van der Waals surface area (Å²) in [7, 11) is 0. The number of carboxylic acid groups (broad SMARTS) is 1. The maximum atomic E-state index is 10.3. The van der Waals surface area contributed by atoms with Crippen LogP contribution in [0.1, 0.15) is 12.0 Å². The van der Waals surface area contributed by atoms with Crippen molar-refractivity contribution < 1.29 is 9.90 Å². The molecule has 0 fully saturated rings. The fraction of sp³-hybridized carbons (Fsp3) is 0.250. The average Bonchev–Trinajstić information content (AvgIpc) is 2.07. The van der Waals surface area contributed by atoms with Gasteiger partial charge in [0.15, 0.2) is 0 Å². The van der Waals surface area contributed by atoms with Crippen LogP contribution in [0.5, 0.6) is 0 Å². The first-order valence-corrected chi connectivity index (χ1v) is 4.37. The monoisotopic (exact) mass is 219 g/mol. The number of hydrogen-bond acceptors (Lipinski definition) is 2. The third kappa shape index (κ3) is 2.86. The largest absolute Gasteiger partial charge is 0.481 e. The van der Waals surface area contributed by atoms with Gasteiger partial charge in [0, 0.05) is 12.6 Å². The molecule has 5 heteroatoms. The molecule has 0 spiro atoms. The van der Waals surface area contributed by atoms with Crippen molar-refractivity contribution in [2.45, 2.75) is 12.8 Å². The predicted molar refractivity (Wildman–Crippen MR) is 50.2 cm³/mol. The van der Waals surface area contributed by atoms with Crippen LogP contribution in [0.2, 0.25) is 10.2 Å². The van der Waals surface area contributed by atoms with Crippen molar-refractivity contribution in [1.82, 2.24) is 4.98 Å². The highest BCUT2D eigenvalue weighted by molar-refractivity contribution is 6.41. The highest BCUT2D eigenvalue weighted by atomic mass is 35.5. The Labute approximate surface area is 85.3 Å². The number of aromatic nitrogens is 1. The minimum Gasteiger partial charge on any atom is -0.481 e. The lowest BCUT2D eigenvalue weighted by atomic mass is 10.1. The maximum Gasteiger partial charge on any atom is 0.303 e. The van der Waals surface area contributed by atoms with Gasteiger partial charge in [0.25, 0.3) is 0 Å². The lowest BCUT2D eigenvalue weighted by Gasteiger charge is -2.02. The van der Waals surface area contributed by atoms with Crippen molar-refractivity contribution in [2.24, 2.45) is 0 Å². The van der Waals surface area contributed by atoms with Crippen molar-refractivity contribution in [3.63, 3.8) is 0 Å². The van der Waals surface area contributed by atoms with E-state index in [-0.39, 0.29) is 11.6 Å². The van der Waals surface area contributed by atoms with Crippen molar-refractivity contribution in [1.29, 1.82) is 0 Å². The summed E-state index contributed by atoms with van der Waals surface area (Å²) in [5, 5.41) is 8.99. The second kappa shape index (κ2) is 4.44. The Morgan fingerprint density at radius 3 is 2.85 bits per heavy atom. The molecule has 0 saturated heterocycles. The fourth-order valence-electron chi connectivity index (χ4n) is 0.890. The van der Waals surface area contributed by atoms with Crippen LogP contribution in [0, 0.1) is 0 Å². The predicted octanol–water partition coefficient (Wildman–Crippen LogP) is 2.41. The number of nitrogens with zero attached hydrogens (tertiary/aromatic N) is 1. The minimum atomic E-state index is -0.857. The Hall–Kier alpha value is -0.800. The van der Waals surface area contributed by atoms with Crippen molar-refractivity contribution in [3.8, 4) is 0 Å². The molecule has 13 heavy (non-hydrogen) atoms. The molecule has 0 amide bonds. The van der Waals surface area contributed by atoms with Crippen LogP contribution >= 0.6 is 23.2 Å². The molecule has 3 nitrogen and oxygen atoms in total. The first-order valence-electron chi connectivity index (χ1n) is 3.62. The number of pyridine rings is 1. The Morgan fingerprint density at radius 1 is 1.54 bits per heavy atom. The molecule has 1 aromatic rings. The van der Waals surface area contributed by atoms with E-state index in [1.807, 2.05) is 0 Å². The van der Waals surface area contributed by atoms with E-state index in [0.29, 0.717) is 17.0 Å². The highest BCUT2D eigenvalue weighted by Gasteiger charge is 2.06. The molecule has 0 bridgehead atoms. The average molecular weight is 220 g/mol. The van der Waals surface area contributed by atoms with Gasteiger partial charge in [0.2, 0.25) is 0 Å². The molecular formula is C8H7Cl2NO2. The molecule has 1 aromatic heterocycles. The van der Waals surface area contributed by atoms with E-state index in [9.17, 15) is 4.79 Å². The normalized spacial score (nSPS) is 10.0. The van der Waals surface area contributed by atoms with Gasteiger partial charge in [-0.05, 0) is 18.1 Å². The zero-order valence-corrected chi connectivity index (χ0v) is 8.14. The topological polar surface area (TPSA) is 50.2 Å². The summed E-state index contributed by atoms with van der Waals surface area (Å²) in [6.07, 6.45) is 1.92. The summed E-state index contributed by atoms with van der Waals surface area (Å²) < 4.78 is 0. The van der Waals surface area contributed by atoms with E-state index in [0.717, 1.165) is 0 Å². The standard InChI is InChI=1S/C8H7Cl2NO2/c9-7-5(1-2-6(12)13)3-4-11-8(7)10/h3-4H,1-2H2,(H,12,13). The van der Waals surface area contributed by atoms with E-state index < -0.39 is 5.97 Å². The molecule has 1 heterocycles. The van der Waals surface area contributed by atoms with Gasteiger partial charge in [0.1, 0.15) is 5.15 Å². The van der Waals surface area contributed by atoms with Crippen LogP contribution in [-0.2, 0) is 11.2 Å². The van der Waals surface area contributed by atoms with E-state index in [1.54, 1.807) is 6.07 Å². The number of aryl methyl sites for hydroxylation is 1. The molecule has 0 aliphatic carbocycles. The number of aliphatic carboxylic acids is 1. The van der Waals surface area contributed by atoms with Crippen LogP contribution in [0.3, 0.4) is 0 Å². The zero-order valence-electron chi connectivity index (χ0n) is 6.63. The van der Waals surface area contributed by atoms with Crippen LogP contribution in [0.25, 0.3) is 0 Å². The van der Waals surface area contributed by atoms with E-state index in [2.05, 4.69) is 4.98 Å². The molecule has 70 valence electrons. The van der Waals surface area contributed by atoms with E-state index >= 15 is 0 Å². The van der Waals surface area contributed by atoms with E-state index in [1.165, 1.54) is 6.20 Å². The van der Waals surface area contributed by atoms with Crippen molar-refractivity contribution >= 4 is 29.2 Å². The third-order valence-electron chi connectivity index (χ3n) is 1.53. The number of rotatable bonds is 3. The second-order valence-electron chi connectivity index (χ2n) is 2.47. The number of carbonyl (C=O) groups is 1. The number of halogens is 2. The quantitative estimate of drug-likeness (QED) is 0.795. The molecule has 1 rings (SSSR count). The summed E-state index contributed by atoms with van der Waals surface area (Å²) in [5.41, 5.74) is 0.712. The SMILES string of the molecule is O=C(O)CCc1ccnc(Cl)c1Cl. The van der Waals surface area contributed by atoms with Gasteiger partial charge in [-0.2, -0.15) is 0 Å². The first kappa shape index (κ1) is 10.3. The minimum absolute atomic E-state index is 0.0417. The summed E-state index contributed by atoms with van der Waals surface area (Å²) in [6.45, 7) is 0. The van der Waals surface area contributed by atoms with Gasteiger partial charge in [0.05, 0.1) is 5.02 Å². The summed E-state index contributed by atoms with van der Waals surface area (Å²) in [4.78, 5) is 14.0. The Balaban J connectivity index is 2.77. The fourth-order valence-corrected chi connectivity index (χ4v) is 1.27. The van der Waals surface area contributed by atoms with Crippen LogP contribution in [-0.4, -0.2) is 16.1 Å². The van der Waals surface area contributed by atoms with Gasteiger partial charge >= 0.3 is 5.97 Å². The highest BCUT2D eigenvalue weighted by Crippen LogP contribution is 2.23. The van der Waals surface area contributed by atoms with Crippen molar-refractivity contribution in [3.05, 3.63) is 28.0 Å². The Kier molecular flexibility index (Phi) is 3.51. The Bertz CT molecular complexity index is 328. The van der Waals surface area contributed by atoms with Crippen LogP contribution in [0.15, 0.2) is 12.3 Å². The van der Waals surface area contributed by atoms with Gasteiger partial charge in [-0.25, -0.2) is 4.98 Å². The van der Waals surface area contributed by atoms with E-state index in [4.69, 9.17) is 28.3 Å². The van der Waals surface area contributed by atoms with Gasteiger partial charge in [-0.15, -0.1) is 0 Å². The summed E-state index contributed by atoms with van der Waals surface area (Å²) in [6, 6.07) is 1.66. The molecule has 0 unspecified atom stereocenters. The molecular weight excluding hydrogens is 213 g/mol. The first-order chi connectivity index (χ1) is 6.11. The zero-order chi connectivity index (χ0) is 9.84. The lowest BCUT2D eigenvalue weighted by molar-refractivity contribution is -0.136. The molecule has 0 atom stereocenters. The molecule has 0 saturated carbocycles. The number of carboxylic acids is 1. The summed E-state index contributed by atoms with van der Waals surface area (Å²) in [5.74, 6) is -0.857. The second-order valence-corrected chi connectivity index (χ2v) is 3.20. The molecule has 0 radical (unpaired) electrons. The molecule has 0 aliphatic rings. The number of hydrogen-bond donors (Lipinski definition) is 1. The van der Waals surface area contributed by atoms with Gasteiger partial charge in [-0.3, -0.25) is 4.79 Å². The van der Waals surface area contributed by atoms with Crippen molar-refractivity contribution in [2.75, 3.05) is 0 Å². The third-order valence-corrected chi connectivity index (χ3v) is 2.34.